The molecule has 0 radical (unpaired) electrons. The third-order valence-corrected chi connectivity index (χ3v) is 3.52. The summed E-state index contributed by atoms with van der Waals surface area (Å²) in [6, 6.07) is 8.35. The van der Waals surface area contributed by atoms with E-state index in [1.54, 1.807) is 0 Å². The van der Waals surface area contributed by atoms with E-state index >= 15 is 0 Å². The number of nitrogens with zero attached hydrogens (tertiary/aromatic N) is 2. The van der Waals surface area contributed by atoms with Gasteiger partial charge in [-0.2, -0.15) is 0 Å². The quantitative estimate of drug-likeness (QED) is 0.765. The van der Waals surface area contributed by atoms with Crippen LogP contribution in [0.2, 0.25) is 0 Å². The Bertz CT molecular complexity index is 510. The van der Waals surface area contributed by atoms with Crippen LogP contribution >= 0.6 is 0 Å². The molecular weight excluding hydrogens is 234 g/mol. The molecule has 0 bridgehead atoms. The highest BCUT2D eigenvalue weighted by Gasteiger charge is 2.11. The van der Waals surface area contributed by atoms with Gasteiger partial charge in [0.1, 0.15) is 0 Å². The normalized spacial score (nSPS) is 12.7. The topological polar surface area (TPSA) is 37.8 Å². The summed E-state index contributed by atoms with van der Waals surface area (Å²) < 4.78 is 0. The molecule has 102 valence electrons. The van der Waals surface area contributed by atoms with Crippen molar-refractivity contribution in [2.75, 3.05) is 7.05 Å². The van der Waals surface area contributed by atoms with Crippen LogP contribution in [0.25, 0.3) is 11.0 Å². The molecule has 0 saturated carbocycles. The molecule has 0 aliphatic rings. The van der Waals surface area contributed by atoms with Gasteiger partial charge in [0.15, 0.2) is 0 Å². The lowest BCUT2D eigenvalue weighted by Gasteiger charge is -2.15. The smallest absolute Gasteiger partial charge is 0.0890 e. The van der Waals surface area contributed by atoms with E-state index in [-0.39, 0.29) is 0 Å². The van der Waals surface area contributed by atoms with Gasteiger partial charge in [-0.3, -0.25) is 4.98 Å². The molecule has 2 rings (SSSR count). The summed E-state index contributed by atoms with van der Waals surface area (Å²) in [6.07, 6.45) is 8.18. The van der Waals surface area contributed by atoms with E-state index in [0.717, 1.165) is 23.1 Å². The number of para-hydroxylation sites is 2. The second-order valence-electron chi connectivity index (χ2n) is 4.97. The van der Waals surface area contributed by atoms with Crippen LogP contribution in [0.5, 0.6) is 0 Å². The summed E-state index contributed by atoms with van der Waals surface area (Å²) >= 11 is 0. The predicted octanol–water partition coefficient (Wildman–Crippen LogP) is 3.86. The average Bonchev–Trinajstić information content (AvgIpc) is 2.47. The summed E-state index contributed by atoms with van der Waals surface area (Å²) in [7, 11) is 2.00. The summed E-state index contributed by atoms with van der Waals surface area (Å²) in [6.45, 7) is 2.24. The first kappa shape index (κ1) is 13.9. The molecule has 1 atom stereocenters. The molecule has 1 aromatic heterocycles. The summed E-state index contributed by atoms with van der Waals surface area (Å²) in [5, 5.41) is 3.36. The largest absolute Gasteiger partial charge is 0.312 e. The molecule has 3 heteroatoms. The molecular formula is C16H23N3. The molecule has 1 heterocycles. The molecule has 0 amide bonds. The van der Waals surface area contributed by atoms with Gasteiger partial charge in [-0.15, -0.1) is 0 Å². The standard InChI is InChI=1S/C16H23N3/c1-3-4-5-6-9-13(17-2)16-12-18-14-10-7-8-11-15(14)19-16/h7-8,10-13,17H,3-6,9H2,1-2H3. The molecule has 2 aromatic rings. The van der Waals surface area contributed by atoms with E-state index in [0.29, 0.717) is 6.04 Å². The Labute approximate surface area is 115 Å². The van der Waals surface area contributed by atoms with E-state index in [4.69, 9.17) is 4.98 Å². The molecule has 1 aromatic carbocycles. The first-order valence-electron chi connectivity index (χ1n) is 7.24. The van der Waals surface area contributed by atoms with Gasteiger partial charge >= 0.3 is 0 Å². The van der Waals surface area contributed by atoms with Gasteiger partial charge in [0.25, 0.3) is 0 Å². The van der Waals surface area contributed by atoms with Crippen LogP contribution in [0, 0.1) is 0 Å². The molecule has 19 heavy (non-hydrogen) atoms. The highest BCUT2D eigenvalue weighted by Crippen LogP contribution is 2.19. The summed E-state index contributed by atoms with van der Waals surface area (Å²) in [5.74, 6) is 0. The maximum Gasteiger partial charge on any atom is 0.0890 e. The van der Waals surface area contributed by atoms with E-state index in [1.807, 2.05) is 37.5 Å². The number of rotatable bonds is 7. The van der Waals surface area contributed by atoms with Crippen molar-refractivity contribution in [1.82, 2.24) is 15.3 Å². The lowest BCUT2D eigenvalue weighted by molar-refractivity contribution is 0.495. The number of hydrogen-bond donors (Lipinski definition) is 1. The van der Waals surface area contributed by atoms with Crippen LogP contribution in [0.1, 0.15) is 50.8 Å². The van der Waals surface area contributed by atoms with E-state index in [1.165, 1.54) is 25.7 Å². The molecule has 0 aliphatic heterocycles. The van der Waals surface area contributed by atoms with Crippen LogP contribution in [-0.4, -0.2) is 17.0 Å². The molecule has 1 N–H and O–H groups in total. The monoisotopic (exact) mass is 257 g/mol. The van der Waals surface area contributed by atoms with Crippen molar-refractivity contribution in [3.8, 4) is 0 Å². The molecule has 0 saturated heterocycles. The van der Waals surface area contributed by atoms with Crippen molar-refractivity contribution >= 4 is 11.0 Å². The van der Waals surface area contributed by atoms with Gasteiger partial charge in [0, 0.05) is 0 Å². The third kappa shape index (κ3) is 3.74. The van der Waals surface area contributed by atoms with Crippen molar-refractivity contribution in [2.24, 2.45) is 0 Å². The van der Waals surface area contributed by atoms with Crippen molar-refractivity contribution in [3.63, 3.8) is 0 Å². The van der Waals surface area contributed by atoms with Crippen LogP contribution in [0.4, 0.5) is 0 Å². The Morgan fingerprint density at radius 1 is 1.11 bits per heavy atom. The van der Waals surface area contributed by atoms with E-state index in [9.17, 15) is 0 Å². The zero-order valence-corrected chi connectivity index (χ0v) is 11.9. The zero-order valence-electron chi connectivity index (χ0n) is 11.9. The first-order valence-corrected chi connectivity index (χ1v) is 7.24. The van der Waals surface area contributed by atoms with Crippen LogP contribution in [-0.2, 0) is 0 Å². The number of nitrogens with one attached hydrogen (secondary N) is 1. The Morgan fingerprint density at radius 2 is 1.89 bits per heavy atom. The van der Waals surface area contributed by atoms with Crippen molar-refractivity contribution in [2.45, 2.75) is 45.1 Å². The highest BCUT2D eigenvalue weighted by molar-refractivity contribution is 5.73. The summed E-state index contributed by atoms with van der Waals surface area (Å²) in [5.41, 5.74) is 3.00. The van der Waals surface area contributed by atoms with Crippen LogP contribution in [0.15, 0.2) is 30.5 Å². The minimum absolute atomic E-state index is 0.314. The second-order valence-corrected chi connectivity index (χ2v) is 4.97. The number of unbranched alkanes of at least 4 members (excludes halogenated alkanes) is 3. The second kappa shape index (κ2) is 7.19. The predicted molar refractivity (Wildman–Crippen MR) is 80.1 cm³/mol. The molecule has 1 unspecified atom stereocenters. The number of benzene rings is 1. The lowest BCUT2D eigenvalue weighted by atomic mass is 10.0. The summed E-state index contributed by atoms with van der Waals surface area (Å²) in [4.78, 5) is 9.21. The third-order valence-electron chi connectivity index (χ3n) is 3.52. The number of fused-ring (bicyclic) bond motifs is 1. The fourth-order valence-corrected chi connectivity index (χ4v) is 2.35. The minimum Gasteiger partial charge on any atom is -0.312 e. The van der Waals surface area contributed by atoms with Crippen molar-refractivity contribution in [3.05, 3.63) is 36.2 Å². The molecule has 0 spiro atoms. The zero-order chi connectivity index (χ0) is 13.5. The van der Waals surface area contributed by atoms with Gasteiger partial charge in [-0.05, 0) is 25.6 Å². The Morgan fingerprint density at radius 3 is 2.63 bits per heavy atom. The van der Waals surface area contributed by atoms with Crippen molar-refractivity contribution in [1.29, 1.82) is 0 Å². The van der Waals surface area contributed by atoms with Crippen LogP contribution in [0.3, 0.4) is 0 Å². The fourth-order valence-electron chi connectivity index (χ4n) is 2.35. The molecule has 3 nitrogen and oxygen atoms in total. The number of aromatic nitrogens is 2. The number of hydrogen-bond acceptors (Lipinski definition) is 3. The highest BCUT2D eigenvalue weighted by atomic mass is 14.9. The van der Waals surface area contributed by atoms with E-state index in [2.05, 4.69) is 17.2 Å². The average molecular weight is 257 g/mol. The maximum absolute atomic E-state index is 4.72. The first-order chi connectivity index (χ1) is 9.35. The lowest BCUT2D eigenvalue weighted by Crippen LogP contribution is -2.18. The molecule has 0 fully saturated rings. The Hall–Kier alpha value is -1.48. The van der Waals surface area contributed by atoms with Gasteiger partial charge < -0.3 is 5.32 Å². The van der Waals surface area contributed by atoms with Gasteiger partial charge in [0.2, 0.25) is 0 Å². The van der Waals surface area contributed by atoms with Crippen molar-refractivity contribution < 1.29 is 0 Å². The van der Waals surface area contributed by atoms with Gasteiger partial charge in [-0.1, -0.05) is 44.7 Å². The Kier molecular flexibility index (Phi) is 5.28. The minimum atomic E-state index is 0.314. The molecule has 0 aliphatic carbocycles. The van der Waals surface area contributed by atoms with E-state index < -0.39 is 0 Å². The van der Waals surface area contributed by atoms with Gasteiger partial charge in [-0.25, -0.2) is 4.98 Å². The SMILES string of the molecule is CCCCCCC(NC)c1cnc2ccccc2n1. The Balaban J connectivity index is 2.07. The fraction of sp³-hybridized carbons (Fsp3) is 0.500. The maximum atomic E-state index is 4.72. The van der Waals surface area contributed by atoms with Gasteiger partial charge in [0.05, 0.1) is 29.0 Å². The van der Waals surface area contributed by atoms with Crippen LogP contribution < -0.4 is 5.32 Å².